The van der Waals surface area contributed by atoms with E-state index in [1.165, 1.54) is 12.1 Å². The number of sulfonamides is 1. The predicted molar refractivity (Wildman–Crippen MR) is 86.2 cm³/mol. The average molecular weight is 398 g/mol. The summed E-state index contributed by atoms with van der Waals surface area (Å²) in [5.74, 6) is 0. The van der Waals surface area contributed by atoms with Crippen LogP contribution in [-0.4, -0.2) is 40.8 Å². The molecule has 0 spiro atoms. The van der Waals surface area contributed by atoms with Crippen LogP contribution in [0.5, 0.6) is 0 Å². The van der Waals surface area contributed by atoms with Crippen LogP contribution in [0.1, 0.15) is 12.8 Å². The Labute approximate surface area is 138 Å². The van der Waals surface area contributed by atoms with Crippen LogP contribution < -0.4 is 10.0 Å². The van der Waals surface area contributed by atoms with E-state index in [-0.39, 0.29) is 17.0 Å². The lowest BCUT2D eigenvalue weighted by Crippen LogP contribution is -2.52. The molecule has 0 aromatic heterocycles. The van der Waals surface area contributed by atoms with Gasteiger partial charge in [-0.2, -0.15) is 0 Å². The molecule has 1 atom stereocenters. The molecule has 21 heavy (non-hydrogen) atoms. The van der Waals surface area contributed by atoms with Crippen molar-refractivity contribution < 1.29 is 13.2 Å². The van der Waals surface area contributed by atoms with E-state index in [1.807, 2.05) is 0 Å². The first kappa shape index (κ1) is 17.2. The molecule has 1 aliphatic rings. The van der Waals surface area contributed by atoms with Crippen LogP contribution >= 0.6 is 27.5 Å². The van der Waals surface area contributed by atoms with E-state index >= 15 is 0 Å². The highest BCUT2D eigenvalue weighted by Crippen LogP contribution is 2.26. The number of ether oxygens (including phenoxy) is 1. The Balaban J connectivity index is 2.11. The van der Waals surface area contributed by atoms with Gasteiger partial charge < -0.3 is 10.1 Å². The summed E-state index contributed by atoms with van der Waals surface area (Å²) in [6.07, 6.45) is 1.89. The lowest BCUT2D eigenvalue weighted by Gasteiger charge is -2.28. The molecule has 0 radical (unpaired) electrons. The van der Waals surface area contributed by atoms with Gasteiger partial charge in [0.1, 0.15) is 0 Å². The lowest BCUT2D eigenvalue weighted by atomic mass is 9.99. The zero-order chi connectivity index (χ0) is 15.5. The molecule has 1 saturated heterocycles. The van der Waals surface area contributed by atoms with Gasteiger partial charge >= 0.3 is 0 Å². The van der Waals surface area contributed by atoms with Gasteiger partial charge in [-0.05, 0) is 53.5 Å². The Hall–Kier alpha value is -0.180. The zero-order valence-electron chi connectivity index (χ0n) is 11.7. The van der Waals surface area contributed by atoms with Crippen molar-refractivity contribution in [3.8, 4) is 0 Å². The van der Waals surface area contributed by atoms with Crippen LogP contribution in [0, 0.1) is 0 Å². The minimum atomic E-state index is -3.59. The summed E-state index contributed by atoms with van der Waals surface area (Å²) < 4.78 is 33.2. The molecule has 8 heteroatoms. The molecule has 0 bridgehead atoms. The minimum Gasteiger partial charge on any atom is -0.383 e. The van der Waals surface area contributed by atoms with Crippen molar-refractivity contribution in [2.45, 2.75) is 23.3 Å². The van der Waals surface area contributed by atoms with Crippen LogP contribution in [0.4, 0.5) is 0 Å². The predicted octanol–water partition coefficient (Wildman–Crippen LogP) is 2.15. The van der Waals surface area contributed by atoms with Crippen molar-refractivity contribution in [1.82, 2.24) is 10.0 Å². The molecule has 118 valence electrons. The minimum absolute atomic E-state index is 0.154. The number of hydrogen-bond donors (Lipinski definition) is 2. The van der Waals surface area contributed by atoms with Crippen molar-refractivity contribution in [2.24, 2.45) is 0 Å². The molecule has 2 N–H and O–H groups in total. The summed E-state index contributed by atoms with van der Waals surface area (Å²) in [4.78, 5) is 0.154. The fourth-order valence-electron chi connectivity index (χ4n) is 2.43. The van der Waals surface area contributed by atoms with Crippen molar-refractivity contribution in [1.29, 1.82) is 0 Å². The first-order chi connectivity index (χ1) is 9.88. The monoisotopic (exact) mass is 396 g/mol. The Morgan fingerprint density at radius 3 is 2.86 bits per heavy atom. The van der Waals surface area contributed by atoms with Gasteiger partial charge in [0.25, 0.3) is 0 Å². The second-order valence-corrected chi connectivity index (χ2v) is 8.17. The van der Waals surface area contributed by atoms with Gasteiger partial charge in [0.05, 0.1) is 22.1 Å². The van der Waals surface area contributed by atoms with Crippen molar-refractivity contribution in [3.05, 3.63) is 27.7 Å². The lowest BCUT2D eigenvalue weighted by molar-refractivity contribution is 0.122. The van der Waals surface area contributed by atoms with Crippen molar-refractivity contribution in [3.63, 3.8) is 0 Å². The number of benzene rings is 1. The van der Waals surface area contributed by atoms with Gasteiger partial charge in [-0.3, -0.25) is 0 Å². The first-order valence-corrected chi connectivity index (χ1v) is 9.23. The van der Waals surface area contributed by atoms with E-state index in [4.69, 9.17) is 16.3 Å². The Morgan fingerprint density at radius 2 is 2.29 bits per heavy atom. The molecule has 1 aromatic rings. The standard InChI is InChI=1S/C13H18BrClN2O3S/c1-20-9-13(5-2-6-16-13)8-17-21(18,19)10-3-4-11(14)12(15)7-10/h3-4,7,16-17H,2,5-6,8-9H2,1H3. The first-order valence-electron chi connectivity index (χ1n) is 6.57. The summed E-state index contributed by atoms with van der Waals surface area (Å²) in [5.41, 5.74) is -0.332. The third-order valence-electron chi connectivity index (χ3n) is 3.55. The van der Waals surface area contributed by atoms with Gasteiger partial charge in [-0.25, -0.2) is 13.1 Å². The van der Waals surface area contributed by atoms with Gasteiger partial charge in [0.15, 0.2) is 0 Å². The van der Waals surface area contributed by atoms with Crippen LogP contribution in [0.25, 0.3) is 0 Å². The Kier molecular flexibility index (Phi) is 5.67. The summed E-state index contributed by atoms with van der Waals surface area (Å²) in [7, 11) is -1.98. The molecule has 5 nitrogen and oxygen atoms in total. The molecule has 1 heterocycles. The summed E-state index contributed by atoms with van der Waals surface area (Å²) >= 11 is 9.20. The number of rotatable bonds is 6. The van der Waals surface area contributed by atoms with Crippen LogP contribution in [-0.2, 0) is 14.8 Å². The molecule has 1 fully saturated rings. The van der Waals surface area contributed by atoms with E-state index in [0.29, 0.717) is 16.1 Å². The molecule has 0 aliphatic carbocycles. The van der Waals surface area contributed by atoms with E-state index < -0.39 is 10.0 Å². The van der Waals surface area contributed by atoms with Crippen molar-refractivity contribution >= 4 is 37.6 Å². The van der Waals surface area contributed by atoms with E-state index in [2.05, 4.69) is 26.0 Å². The Bertz CT molecular complexity index is 603. The second kappa shape index (κ2) is 6.93. The second-order valence-electron chi connectivity index (χ2n) is 5.14. The fourth-order valence-corrected chi connectivity index (χ4v) is 4.08. The van der Waals surface area contributed by atoms with Gasteiger partial charge in [0.2, 0.25) is 10.0 Å². The SMILES string of the molecule is COCC1(CNS(=O)(=O)c2ccc(Br)c(Cl)c2)CCCN1. The van der Waals surface area contributed by atoms with Gasteiger partial charge in [-0.1, -0.05) is 11.6 Å². The third-order valence-corrected chi connectivity index (χ3v) is 6.19. The van der Waals surface area contributed by atoms with Gasteiger partial charge in [-0.15, -0.1) is 0 Å². The highest BCUT2D eigenvalue weighted by Gasteiger charge is 2.34. The molecule has 1 aliphatic heterocycles. The maximum Gasteiger partial charge on any atom is 0.240 e. The number of nitrogens with one attached hydrogen (secondary N) is 2. The highest BCUT2D eigenvalue weighted by molar-refractivity contribution is 9.10. The number of halogens is 2. The van der Waals surface area contributed by atoms with E-state index in [1.54, 1.807) is 13.2 Å². The smallest absolute Gasteiger partial charge is 0.240 e. The molecule has 0 amide bonds. The Morgan fingerprint density at radius 1 is 1.52 bits per heavy atom. The van der Waals surface area contributed by atoms with Gasteiger partial charge in [0, 0.05) is 18.1 Å². The summed E-state index contributed by atoms with van der Waals surface area (Å²) in [6, 6.07) is 4.57. The quantitative estimate of drug-likeness (QED) is 0.772. The highest BCUT2D eigenvalue weighted by atomic mass is 79.9. The molecule has 1 aromatic carbocycles. The molecule has 0 saturated carbocycles. The summed E-state index contributed by atoms with van der Waals surface area (Å²) in [6.45, 7) is 1.63. The largest absolute Gasteiger partial charge is 0.383 e. The number of hydrogen-bond acceptors (Lipinski definition) is 4. The van der Waals surface area contributed by atoms with E-state index in [9.17, 15) is 8.42 Å². The maximum atomic E-state index is 12.3. The van der Waals surface area contributed by atoms with E-state index in [0.717, 1.165) is 19.4 Å². The molecular formula is C13H18BrClN2O3S. The fraction of sp³-hybridized carbons (Fsp3) is 0.538. The van der Waals surface area contributed by atoms with Crippen LogP contribution in [0.15, 0.2) is 27.6 Å². The normalized spacial score (nSPS) is 22.6. The van der Waals surface area contributed by atoms with Crippen molar-refractivity contribution in [2.75, 3.05) is 26.8 Å². The topological polar surface area (TPSA) is 67.4 Å². The zero-order valence-corrected chi connectivity index (χ0v) is 14.8. The maximum absolute atomic E-state index is 12.3. The summed E-state index contributed by atoms with van der Waals surface area (Å²) in [5, 5.41) is 3.69. The molecule has 2 rings (SSSR count). The average Bonchev–Trinajstić information content (AvgIpc) is 2.89. The van der Waals surface area contributed by atoms with Crippen LogP contribution in [0.2, 0.25) is 5.02 Å². The number of methoxy groups -OCH3 is 1. The third kappa shape index (κ3) is 4.18. The molecule has 1 unspecified atom stereocenters. The van der Waals surface area contributed by atoms with Crippen LogP contribution in [0.3, 0.4) is 0 Å². The molecular weight excluding hydrogens is 380 g/mol.